The maximum absolute atomic E-state index is 12.3. The number of Topliss-reactive ketones (excluding diaryl/α,β-unsaturated/α-hetero) is 1. The highest BCUT2D eigenvalue weighted by molar-refractivity contribution is 7.07. The fourth-order valence-electron chi connectivity index (χ4n) is 2.50. The molecular formula is C17H18ClNOS. The van der Waals surface area contributed by atoms with Gasteiger partial charge in [-0.1, -0.05) is 23.7 Å². The van der Waals surface area contributed by atoms with Gasteiger partial charge in [0, 0.05) is 36.1 Å². The third kappa shape index (κ3) is 4.16. The summed E-state index contributed by atoms with van der Waals surface area (Å²) in [5.74, 6) is 0.175. The summed E-state index contributed by atoms with van der Waals surface area (Å²) >= 11 is 7.67. The molecule has 0 aliphatic heterocycles. The molecule has 1 aromatic heterocycles. The van der Waals surface area contributed by atoms with Gasteiger partial charge in [-0.05, 0) is 47.4 Å². The van der Waals surface area contributed by atoms with Gasteiger partial charge in [0.15, 0.2) is 5.78 Å². The van der Waals surface area contributed by atoms with Crippen LogP contribution in [0.5, 0.6) is 0 Å². The van der Waals surface area contributed by atoms with Gasteiger partial charge in [0.05, 0.1) is 0 Å². The predicted molar refractivity (Wildman–Crippen MR) is 88.2 cm³/mol. The SMILES string of the molecule is O=C(CCN(Cc1ccsc1)C1CC1)c1cccc(Cl)c1. The second-order valence-corrected chi connectivity index (χ2v) is 6.73. The van der Waals surface area contributed by atoms with E-state index >= 15 is 0 Å². The number of rotatable bonds is 7. The molecule has 0 bridgehead atoms. The molecule has 0 unspecified atom stereocenters. The molecule has 21 heavy (non-hydrogen) atoms. The zero-order chi connectivity index (χ0) is 14.7. The van der Waals surface area contributed by atoms with E-state index in [2.05, 4.69) is 21.7 Å². The molecule has 1 heterocycles. The molecule has 110 valence electrons. The van der Waals surface area contributed by atoms with Crippen LogP contribution in [0.4, 0.5) is 0 Å². The highest BCUT2D eigenvalue weighted by atomic mass is 35.5. The molecule has 1 aliphatic carbocycles. The molecule has 0 saturated heterocycles. The highest BCUT2D eigenvalue weighted by Crippen LogP contribution is 2.29. The Bertz CT molecular complexity index is 607. The number of halogens is 1. The number of hydrogen-bond acceptors (Lipinski definition) is 3. The minimum Gasteiger partial charge on any atom is -0.296 e. The maximum Gasteiger partial charge on any atom is 0.164 e. The first-order valence-corrected chi connectivity index (χ1v) is 8.58. The second kappa shape index (κ2) is 6.73. The largest absolute Gasteiger partial charge is 0.296 e. The standard InChI is InChI=1S/C17H18ClNOS/c18-15-3-1-2-14(10-15)17(20)6-8-19(16-4-5-16)11-13-7-9-21-12-13/h1-3,7,9-10,12,16H,4-6,8,11H2. The highest BCUT2D eigenvalue weighted by Gasteiger charge is 2.29. The first kappa shape index (κ1) is 14.8. The molecule has 2 aromatic rings. The van der Waals surface area contributed by atoms with Gasteiger partial charge in [-0.2, -0.15) is 11.3 Å². The number of ketones is 1. The Morgan fingerprint density at radius 1 is 1.33 bits per heavy atom. The average molecular weight is 320 g/mol. The van der Waals surface area contributed by atoms with Crippen LogP contribution in [-0.4, -0.2) is 23.3 Å². The van der Waals surface area contributed by atoms with Gasteiger partial charge < -0.3 is 0 Å². The van der Waals surface area contributed by atoms with Crippen molar-refractivity contribution in [3.63, 3.8) is 0 Å². The Morgan fingerprint density at radius 2 is 2.19 bits per heavy atom. The lowest BCUT2D eigenvalue weighted by Gasteiger charge is -2.21. The zero-order valence-electron chi connectivity index (χ0n) is 11.8. The summed E-state index contributed by atoms with van der Waals surface area (Å²) in [5.41, 5.74) is 2.07. The molecule has 1 aliphatic rings. The van der Waals surface area contributed by atoms with Crippen molar-refractivity contribution in [1.29, 1.82) is 0 Å². The van der Waals surface area contributed by atoms with Gasteiger partial charge in [-0.3, -0.25) is 9.69 Å². The molecule has 1 aromatic carbocycles. The molecule has 2 nitrogen and oxygen atoms in total. The molecular weight excluding hydrogens is 302 g/mol. The summed E-state index contributed by atoms with van der Waals surface area (Å²) in [5, 5.41) is 4.92. The smallest absolute Gasteiger partial charge is 0.164 e. The minimum absolute atomic E-state index is 0.175. The molecule has 0 amide bonds. The number of carbonyl (C=O) groups excluding carboxylic acids is 1. The summed E-state index contributed by atoms with van der Waals surface area (Å²) in [4.78, 5) is 14.7. The quantitative estimate of drug-likeness (QED) is 0.693. The van der Waals surface area contributed by atoms with E-state index in [1.165, 1.54) is 18.4 Å². The van der Waals surface area contributed by atoms with Crippen LogP contribution in [0.2, 0.25) is 5.02 Å². The Balaban J connectivity index is 1.58. The molecule has 0 atom stereocenters. The molecule has 0 N–H and O–H groups in total. The van der Waals surface area contributed by atoms with Crippen LogP contribution in [0.1, 0.15) is 35.2 Å². The third-order valence-corrected chi connectivity index (χ3v) is 4.77. The third-order valence-electron chi connectivity index (χ3n) is 3.80. The monoisotopic (exact) mass is 319 g/mol. The number of hydrogen-bond donors (Lipinski definition) is 0. The van der Waals surface area contributed by atoms with Crippen molar-refractivity contribution < 1.29 is 4.79 Å². The number of benzene rings is 1. The van der Waals surface area contributed by atoms with E-state index in [0.717, 1.165) is 13.1 Å². The summed E-state index contributed by atoms with van der Waals surface area (Å²) in [6.45, 7) is 1.78. The fraction of sp³-hybridized carbons (Fsp3) is 0.353. The topological polar surface area (TPSA) is 20.3 Å². The molecule has 4 heteroatoms. The Morgan fingerprint density at radius 3 is 2.86 bits per heavy atom. The first-order valence-electron chi connectivity index (χ1n) is 7.26. The van der Waals surface area contributed by atoms with Crippen molar-refractivity contribution in [2.45, 2.75) is 31.8 Å². The van der Waals surface area contributed by atoms with E-state index < -0.39 is 0 Å². The number of thiophene rings is 1. The van der Waals surface area contributed by atoms with E-state index in [1.807, 2.05) is 12.1 Å². The number of carbonyl (C=O) groups is 1. The molecule has 0 spiro atoms. The lowest BCUT2D eigenvalue weighted by atomic mass is 10.1. The zero-order valence-corrected chi connectivity index (χ0v) is 13.4. The molecule has 0 radical (unpaired) electrons. The Hall–Kier alpha value is -1.16. The van der Waals surface area contributed by atoms with Crippen molar-refractivity contribution >= 4 is 28.7 Å². The summed E-state index contributed by atoms with van der Waals surface area (Å²) in [7, 11) is 0. The average Bonchev–Trinajstić information content (AvgIpc) is 3.20. The van der Waals surface area contributed by atoms with Gasteiger partial charge >= 0.3 is 0 Å². The van der Waals surface area contributed by atoms with Crippen molar-refractivity contribution in [2.75, 3.05) is 6.54 Å². The minimum atomic E-state index is 0.175. The van der Waals surface area contributed by atoms with Gasteiger partial charge in [0.25, 0.3) is 0 Å². The normalized spacial score (nSPS) is 14.6. The van der Waals surface area contributed by atoms with Crippen LogP contribution in [0.3, 0.4) is 0 Å². The Labute approximate surface area is 134 Å². The van der Waals surface area contributed by atoms with E-state index in [1.54, 1.807) is 23.5 Å². The Kier molecular flexibility index (Phi) is 4.73. The van der Waals surface area contributed by atoms with Crippen LogP contribution >= 0.6 is 22.9 Å². The van der Waals surface area contributed by atoms with Crippen LogP contribution in [0, 0.1) is 0 Å². The van der Waals surface area contributed by atoms with E-state index in [0.29, 0.717) is 23.0 Å². The van der Waals surface area contributed by atoms with Gasteiger partial charge in [-0.15, -0.1) is 0 Å². The molecule has 3 rings (SSSR count). The molecule has 1 saturated carbocycles. The van der Waals surface area contributed by atoms with Crippen molar-refractivity contribution in [2.24, 2.45) is 0 Å². The van der Waals surface area contributed by atoms with Gasteiger partial charge in [0.1, 0.15) is 0 Å². The van der Waals surface area contributed by atoms with Gasteiger partial charge in [0.2, 0.25) is 0 Å². The van der Waals surface area contributed by atoms with E-state index in [-0.39, 0.29) is 5.78 Å². The van der Waals surface area contributed by atoms with Crippen molar-refractivity contribution in [3.05, 3.63) is 57.2 Å². The first-order chi connectivity index (χ1) is 10.2. The van der Waals surface area contributed by atoms with E-state index in [4.69, 9.17) is 11.6 Å². The maximum atomic E-state index is 12.3. The predicted octanol–water partition coefficient (Wildman–Crippen LogP) is 4.64. The summed E-state index contributed by atoms with van der Waals surface area (Å²) in [6, 6.07) is 10.1. The number of nitrogens with zero attached hydrogens (tertiary/aromatic N) is 1. The van der Waals surface area contributed by atoms with Crippen LogP contribution < -0.4 is 0 Å². The van der Waals surface area contributed by atoms with Crippen LogP contribution in [0.25, 0.3) is 0 Å². The van der Waals surface area contributed by atoms with Gasteiger partial charge in [-0.25, -0.2) is 0 Å². The lowest BCUT2D eigenvalue weighted by Crippen LogP contribution is -2.28. The fourth-order valence-corrected chi connectivity index (χ4v) is 3.35. The van der Waals surface area contributed by atoms with Crippen LogP contribution in [0.15, 0.2) is 41.1 Å². The van der Waals surface area contributed by atoms with Crippen LogP contribution in [-0.2, 0) is 6.54 Å². The molecule has 1 fully saturated rings. The van der Waals surface area contributed by atoms with E-state index in [9.17, 15) is 4.79 Å². The summed E-state index contributed by atoms with van der Waals surface area (Å²) in [6.07, 6.45) is 3.08. The van der Waals surface area contributed by atoms with Crippen molar-refractivity contribution in [1.82, 2.24) is 4.90 Å². The summed E-state index contributed by atoms with van der Waals surface area (Å²) < 4.78 is 0. The van der Waals surface area contributed by atoms with Crippen molar-refractivity contribution in [3.8, 4) is 0 Å². The lowest BCUT2D eigenvalue weighted by molar-refractivity contribution is 0.0960. The second-order valence-electron chi connectivity index (χ2n) is 5.52.